The number of carbonyl (C=O) groups is 1. The highest BCUT2D eigenvalue weighted by molar-refractivity contribution is 5.68. The molecule has 1 amide bonds. The molecule has 0 radical (unpaired) electrons. The Hall–Kier alpha value is -1.55. The molecule has 4 heteroatoms. The normalized spacial score (nSPS) is 28.4. The van der Waals surface area contributed by atoms with E-state index in [1.807, 2.05) is 26.8 Å². The van der Waals surface area contributed by atoms with Crippen LogP contribution in [-0.4, -0.2) is 34.7 Å². The Labute approximate surface area is 146 Å². The van der Waals surface area contributed by atoms with Gasteiger partial charge in [-0.25, -0.2) is 4.79 Å². The molecule has 1 saturated heterocycles. The number of alkyl carbamates (subject to hydrolysis) is 1. The lowest BCUT2D eigenvalue weighted by molar-refractivity contribution is 0.0161. The number of piperidine rings is 1. The highest BCUT2D eigenvalue weighted by Crippen LogP contribution is 2.29. The van der Waals surface area contributed by atoms with Crippen LogP contribution in [0.15, 0.2) is 30.3 Å². The van der Waals surface area contributed by atoms with Crippen molar-refractivity contribution in [1.82, 2.24) is 10.2 Å². The zero-order chi connectivity index (χ0) is 17.9. The summed E-state index contributed by atoms with van der Waals surface area (Å²) in [6.07, 6.45) is 0.660. The van der Waals surface area contributed by atoms with Crippen molar-refractivity contribution in [2.75, 3.05) is 0 Å². The predicted molar refractivity (Wildman–Crippen MR) is 97.8 cm³/mol. The molecular weight excluding hydrogens is 300 g/mol. The molecule has 1 aromatic carbocycles. The first-order valence-corrected chi connectivity index (χ1v) is 8.96. The lowest BCUT2D eigenvalue weighted by Crippen LogP contribution is -2.59. The van der Waals surface area contributed by atoms with Crippen LogP contribution in [0.2, 0.25) is 0 Å². The third-order valence-corrected chi connectivity index (χ3v) is 4.99. The van der Waals surface area contributed by atoms with Gasteiger partial charge in [-0.3, -0.25) is 4.90 Å². The fourth-order valence-corrected chi connectivity index (χ4v) is 3.44. The van der Waals surface area contributed by atoms with E-state index in [1.165, 1.54) is 5.56 Å². The van der Waals surface area contributed by atoms with Gasteiger partial charge in [0.1, 0.15) is 5.60 Å². The van der Waals surface area contributed by atoms with E-state index in [9.17, 15) is 4.79 Å². The summed E-state index contributed by atoms with van der Waals surface area (Å²) < 4.78 is 5.44. The number of nitrogens with zero attached hydrogens (tertiary/aromatic N) is 1. The molecule has 0 aromatic heterocycles. The van der Waals surface area contributed by atoms with Crippen molar-refractivity contribution in [2.45, 2.75) is 78.2 Å². The summed E-state index contributed by atoms with van der Waals surface area (Å²) in [7, 11) is 0. The lowest BCUT2D eigenvalue weighted by atomic mass is 9.84. The molecule has 134 valence electrons. The molecule has 1 heterocycles. The Morgan fingerprint density at radius 3 is 2.38 bits per heavy atom. The largest absolute Gasteiger partial charge is 0.444 e. The van der Waals surface area contributed by atoms with Crippen LogP contribution < -0.4 is 5.32 Å². The van der Waals surface area contributed by atoms with Crippen molar-refractivity contribution in [1.29, 1.82) is 0 Å². The molecular formula is C20H32N2O2. The van der Waals surface area contributed by atoms with Crippen molar-refractivity contribution < 1.29 is 9.53 Å². The Balaban J connectivity index is 2.07. The molecule has 4 atom stereocenters. The second kappa shape index (κ2) is 7.56. The maximum atomic E-state index is 12.2. The van der Waals surface area contributed by atoms with Crippen LogP contribution in [0.3, 0.4) is 0 Å². The Bertz CT molecular complexity index is 538. The van der Waals surface area contributed by atoms with E-state index in [1.54, 1.807) is 0 Å². The van der Waals surface area contributed by atoms with E-state index in [0.29, 0.717) is 12.0 Å². The standard InChI is InChI=1S/C20H32N2O2/c1-14-12-18(21-19(23)24-20(4,5)6)16(3)22(15(14)2)13-17-10-8-7-9-11-17/h7-11,14-16,18H,12-13H2,1-6H3,(H,21,23)/t14-,15-,16-,18+/m1/s1. The van der Waals surface area contributed by atoms with Crippen molar-refractivity contribution in [3.8, 4) is 0 Å². The summed E-state index contributed by atoms with van der Waals surface area (Å²) in [4.78, 5) is 14.7. The Kier molecular flexibility index (Phi) is 5.92. The third-order valence-electron chi connectivity index (χ3n) is 4.99. The molecule has 0 saturated carbocycles. The number of nitrogens with one attached hydrogen (secondary N) is 1. The van der Waals surface area contributed by atoms with E-state index in [4.69, 9.17) is 4.74 Å². The smallest absolute Gasteiger partial charge is 0.407 e. The fraction of sp³-hybridized carbons (Fsp3) is 0.650. The molecule has 1 aromatic rings. The van der Waals surface area contributed by atoms with Crippen LogP contribution in [0, 0.1) is 5.92 Å². The minimum absolute atomic E-state index is 0.106. The topological polar surface area (TPSA) is 41.6 Å². The van der Waals surface area contributed by atoms with Gasteiger partial charge in [-0.15, -0.1) is 0 Å². The van der Waals surface area contributed by atoms with Crippen LogP contribution in [0.4, 0.5) is 4.79 Å². The highest BCUT2D eigenvalue weighted by Gasteiger charge is 2.37. The van der Waals surface area contributed by atoms with Crippen molar-refractivity contribution in [3.63, 3.8) is 0 Å². The number of ether oxygens (including phenoxy) is 1. The molecule has 0 bridgehead atoms. The van der Waals surface area contributed by atoms with E-state index in [2.05, 4.69) is 55.3 Å². The second-order valence-corrected chi connectivity index (χ2v) is 8.10. The SMILES string of the molecule is C[C@@H]1C[C@H](NC(=O)OC(C)(C)C)[C@@H](C)N(Cc2ccccc2)[C@@H]1C. The van der Waals surface area contributed by atoms with Gasteiger partial charge in [0, 0.05) is 24.7 Å². The molecule has 2 rings (SSSR count). The van der Waals surface area contributed by atoms with Gasteiger partial charge in [-0.2, -0.15) is 0 Å². The van der Waals surface area contributed by atoms with Gasteiger partial charge in [0.25, 0.3) is 0 Å². The maximum absolute atomic E-state index is 12.2. The van der Waals surface area contributed by atoms with Crippen LogP contribution >= 0.6 is 0 Å². The number of likely N-dealkylation sites (tertiary alicyclic amines) is 1. The van der Waals surface area contributed by atoms with E-state index in [-0.39, 0.29) is 18.2 Å². The van der Waals surface area contributed by atoms with Crippen LogP contribution in [0.1, 0.15) is 53.5 Å². The first kappa shape index (κ1) is 18.8. The van der Waals surface area contributed by atoms with Gasteiger partial charge in [0.2, 0.25) is 0 Å². The molecule has 1 aliphatic rings. The average molecular weight is 332 g/mol. The number of rotatable bonds is 3. The summed E-state index contributed by atoms with van der Waals surface area (Å²) in [5.41, 5.74) is 0.839. The quantitative estimate of drug-likeness (QED) is 0.902. The van der Waals surface area contributed by atoms with Gasteiger partial charge in [-0.05, 0) is 52.5 Å². The molecule has 24 heavy (non-hydrogen) atoms. The Morgan fingerprint density at radius 2 is 1.79 bits per heavy atom. The predicted octanol–water partition coefficient (Wildman–Crippen LogP) is 4.20. The third kappa shape index (κ3) is 4.97. The van der Waals surface area contributed by atoms with Gasteiger partial charge in [-0.1, -0.05) is 37.3 Å². The number of hydrogen-bond acceptors (Lipinski definition) is 3. The Morgan fingerprint density at radius 1 is 1.17 bits per heavy atom. The van der Waals surface area contributed by atoms with E-state index >= 15 is 0 Å². The zero-order valence-corrected chi connectivity index (χ0v) is 15.9. The van der Waals surface area contributed by atoms with E-state index < -0.39 is 5.60 Å². The van der Waals surface area contributed by atoms with Gasteiger partial charge in [0.05, 0.1) is 0 Å². The van der Waals surface area contributed by atoms with Gasteiger partial charge < -0.3 is 10.1 Å². The number of hydrogen-bond donors (Lipinski definition) is 1. The first-order valence-electron chi connectivity index (χ1n) is 8.96. The summed E-state index contributed by atoms with van der Waals surface area (Å²) in [6.45, 7) is 13.3. The highest BCUT2D eigenvalue weighted by atomic mass is 16.6. The van der Waals surface area contributed by atoms with Crippen LogP contribution in [0.5, 0.6) is 0 Å². The summed E-state index contributed by atoms with van der Waals surface area (Å²) in [5, 5.41) is 3.09. The molecule has 0 spiro atoms. The number of carbonyl (C=O) groups excluding carboxylic acids is 1. The van der Waals surface area contributed by atoms with Crippen LogP contribution in [0.25, 0.3) is 0 Å². The summed E-state index contributed by atoms with van der Waals surface area (Å²) in [6, 6.07) is 11.4. The lowest BCUT2D eigenvalue weighted by Gasteiger charge is -2.47. The first-order chi connectivity index (χ1) is 11.2. The minimum Gasteiger partial charge on any atom is -0.444 e. The van der Waals surface area contributed by atoms with Crippen molar-refractivity contribution in [2.24, 2.45) is 5.92 Å². The van der Waals surface area contributed by atoms with Gasteiger partial charge in [0.15, 0.2) is 0 Å². The molecule has 1 N–H and O–H groups in total. The van der Waals surface area contributed by atoms with E-state index in [0.717, 1.165) is 13.0 Å². The number of amides is 1. The average Bonchev–Trinajstić information content (AvgIpc) is 2.48. The molecule has 1 fully saturated rings. The maximum Gasteiger partial charge on any atom is 0.407 e. The number of benzene rings is 1. The van der Waals surface area contributed by atoms with Crippen molar-refractivity contribution >= 4 is 6.09 Å². The molecule has 1 aliphatic heterocycles. The van der Waals surface area contributed by atoms with Crippen LogP contribution in [-0.2, 0) is 11.3 Å². The van der Waals surface area contributed by atoms with Gasteiger partial charge >= 0.3 is 6.09 Å². The molecule has 0 unspecified atom stereocenters. The monoisotopic (exact) mass is 332 g/mol. The second-order valence-electron chi connectivity index (χ2n) is 8.10. The zero-order valence-electron chi connectivity index (χ0n) is 15.9. The molecule has 0 aliphatic carbocycles. The summed E-state index contributed by atoms with van der Waals surface area (Å²) in [5.74, 6) is 0.518. The fourth-order valence-electron chi connectivity index (χ4n) is 3.44. The minimum atomic E-state index is -0.468. The summed E-state index contributed by atoms with van der Waals surface area (Å²) >= 11 is 0. The molecule has 4 nitrogen and oxygen atoms in total. The van der Waals surface area contributed by atoms with Crippen molar-refractivity contribution in [3.05, 3.63) is 35.9 Å².